The molecule has 2 aromatic rings. The minimum Gasteiger partial charge on any atom is -0.454 e. The van der Waals surface area contributed by atoms with Crippen molar-refractivity contribution in [1.82, 2.24) is 10.6 Å². The number of carbonyl (C=O) groups is 1. The number of nitrogens with two attached hydrogens (primary N) is 1. The predicted octanol–water partition coefficient (Wildman–Crippen LogP) is 2.39. The highest BCUT2D eigenvalue weighted by molar-refractivity contribution is 14.0. The van der Waals surface area contributed by atoms with Gasteiger partial charge in [0, 0.05) is 19.0 Å². The lowest BCUT2D eigenvalue weighted by molar-refractivity contribution is 0.0972. The van der Waals surface area contributed by atoms with Crippen LogP contribution in [0.1, 0.15) is 34.7 Å². The Labute approximate surface area is 164 Å². The molecule has 0 radical (unpaired) electrons. The zero-order valence-electron chi connectivity index (χ0n) is 14.1. The van der Waals surface area contributed by atoms with Gasteiger partial charge in [0.1, 0.15) is 5.76 Å². The van der Waals surface area contributed by atoms with Crippen LogP contribution in [0.25, 0.3) is 0 Å². The molecule has 1 amide bonds. The first-order valence-corrected chi connectivity index (χ1v) is 8.01. The fraction of sp³-hybridized carbons (Fsp3) is 0.333. The van der Waals surface area contributed by atoms with Gasteiger partial charge in [0.2, 0.25) is 0 Å². The fourth-order valence-corrected chi connectivity index (χ4v) is 2.76. The molecule has 1 aliphatic rings. The average Bonchev–Trinajstić information content (AvgIpc) is 3.24. The summed E-state index contributed by atoms with van der Waals surface area (Å²) in [7, 11) is 1.73. The highest BCUT2D eigenvalue weighted by Crippen LogP contribution is 2.47. The molecular weight excluding hydrogens is 431 g/mol. The lowest BCUT2D eigenvalue weighted by atomic mass is 9.96. The van der Waals surface area contributed by atoms with Gasteiger partial charge in [-0.1, -0.05) is 30.3 Å². The molecule has 7 heteroatoms. The van der Waals surface area contributed by atoms with Crippen molar-refractivity contribution in [3.63, 3.8) is 0 Å². The summed E-state index contributed by atoms with van der Waals surface area (Å²) in [6, 6.07) is 13.9. The van der Waals surface area contributed by atoms with Crippen LogP contribution in [-0.4, -0.2) is 25.5 Å². The number of carbonyl (C=O) groups excluding carboxylic acids is 1. The summed E-state index contributed by atoms with van der Waals surface area (Å²) in [6.45, 7) is 1.27. The summed E-state index contributed by atoms with van der Waals surface area (Å²) in [5.41, 5.74) is 6.75. The molecule has 0 bridgehead atoms. The van der Waals surface area contributed by atoms with Gasteiger partial charge < -0.3 is 20.8 Å². The molecular formula is C18H23IN4O2. The van der Waals surface area contributed by atoms with Crippen molar-refractivity contribution in [2.75, 3.05) is 13.6 Å². The Morgan fingerprint density at radius 2 is 1.92 bits per heavy atom. The van der Waals surface area contributed by atoms with Gasteiger partial charge >= 0.3 is 0 Å². The van der Waals surface area contributed by atoms with E-state index in [9.17, 15) is 4.79 Å². The molecule has 0 spiro atoms. The highest BCUT2D eigenvalue weighted by Gasteiger charge is 2.43. The van der Waals surface area contributed by atoms with Crippen LogP contribution in [0.3, 0.4) is 0 Å². The predicted molar refractivity (Wildman–Crippen MR) is 108 cm³/mol. The van der Waals surface area contributed by atoms with Crippen molar-refractivity contribution in [2.45, 2.75) is 24.8 Å². The van der Waals surface area contributed by atoms with Gasteiger partial charge in [-0.15, -0.1) is 24.0 Å². The zero-order valence-corrected chi connectivity index (χ0v) is 16.4. The molecule has 0 aliphatic heterocycles. The van der Waals surface area contributed by atoms with Crippen LogP contribution in [0.2, 0.25) is 0 Å². The average molecular weight is 454 g/mol. The third kappa shape index (κ3) is 4.75. The lowest BCUT2D eigenvalue weighted by Gasteiger charge is -2.18. The normalized spacial score (nSPS) is 15.2. The van der Waals surface area contributed by atoms with Crippen LogP contribution in [-0.2, 0) is 12.0 Å². The van der Waals surface area contributed by atoms with E-state index in [0.29, 0.717) is 18.3 Å². The van der Waals surface area contributed by atoms with Crippen molar-refractivity contribution in [3.8, 4) is 0 Å². The van der Waals surface area contributed by atoms with Crippen LogP contribution in [0.5, 0.6) is 0 Å². The molecule has 0 atom stereocenters. The van der Waals surface area contributed by atoms with Crippen LogP contribution in [0.4, 0.5) is 0 Å². The van der Waals surface area contributed by atoms with Crippen LogP contribution in [0.15, 0.2) is 51.9 Å². The number of benzene rings is 1. The number of amides is 1. The molecule has 1 fully saturated rings. The van der Waals surface area contributed by atoms with Crippen molar-refractivity contribution < 1.29 is 9.21 Å². The number of halogens is 1. The van der Waals surface area contributed by atoms with Crippen molar-refractivity contribution >= 4 is 35.8 Å². The third-order valence-corrected chi connectivity index (χ3v) is 4.39. The first-order chi connectivity index (χ1) is 11.6. The maximum absolute atomic E-state index is 11.0. The Kier molecular flexibility index (Phi) is 6.46. The smallest absolute Gasteiger partial charge is 0.284 e. The topological polar surface area (TPSA) is 92.6 Å². The van der Waals surface area contributed by atoms with Gasteiger partial charge in [0.25, 0.3) is 5.91 Å². The minimum atomic E-state index is -0.567. The number of furan rings is 1. The van der Waals surface area contributed by atoms with E-state index < -0.39 is 5.91 Å². The van der Waals surface area contributed by atoms with Crippen molar-refractivity contribution in [2.24, 2.45) is 10.7 Å². The van der Waals surface area contributed by atoms with Gasteiger partial charge in [-0.25, -0.2) is 0 Å². The Bertz CT molecular complexity index is 739. The first kappa shape index (κ1) is 19.3. The fourth-order valence-electron chi connectivity index (χ4n) is 2.76. The van der Waals surface area contributed by atoms with E-state index in [-0.39, 0.29) is 35.2 Å². The molecule has 1 aliphatic carbocycles. The summed E-state index contributed by atoms with van der Waals surface area (Å²) >= 11 is 0. The maximum Gasteiger partial charge on any atom is 0.284 e. The summed E-state index contributed by atoms with van der Waals surface area (Å²) in [5, 5.41) is 6.56. The second-order valence-electron chi connectivity index (χ2n) is 6.06. The molecule has 1 aromatic carbocycles. The summed E-state index contributed by atoms with van der Waals surface area (Å²) < 4.78 is 5.35. The Balaban J connectivity index is 0.00000225. The highest BCUT2D eigenvalue weighted by atomic mass is 127. The van der Waals surface area contributed by atoms with E-state index >= 15 is 0 Å². The van der Waals surface area contributed by atoms with Crippen LogP contribution in [0, 0.1) is 0 Å². The van der Waals surface area contributed by atoms with Gasteiger partial charge in [0.15, 0.2) is 11.7 Å². The van der Waals surface area contributed by atoms with Gasteiger partial charge in [-0.3, -0.25) is 9.79 Å². The number of nitrogens with zero attached hydrogens (tertiary/aromatic N) is 1. The van der Waals surface area contributed by atoms with E-state index in [0.717, 1.165) is 6.54 Å². The van der Waals surface area contributed by atoms with Gasteiger partial charge in [-0.2, -0.15) is 0 Å². The van der Waals surface area contributed by atoms with Crippen molar-refractivity contribution in [3.05, 3.63) is 59.5 Å². The number of rotatable bonds is 6. The first-order valence-electron chi connectivity index (χ1n) is 8.01. The molecule has 1 saturated carbocycles. The SMILES string of the molecule is CN=C(NCc1ccc(C(N)=O)o1)NCC1(c2ccccc2)CC1.I. The number of hydrogen-bond acceptors (Lipinski definition) is 3. The summed E-state index contributed by atoms with van der Waals surface area (Å²) in [6.07, 6.45) is 2.36. The molecule has 4 N–H and O–H groups in total. The molecule has 25 heavy (non-hydrogen) atoms. The number of aliphatic imine (C=N–C) groups is 1. The molecule has 1 heterocycles. The molecule has 3 rings (SSSR count). The minimum absolute atomic E-state index is 0. The van der Waals surface area contributed by atoms with Crippen molar-refractivity contribution in [1.29, 1.82) is 0 Å². The standard InChI is InChI=1S/C18H22N4O2.HI/c1-20-17(21-11-14-7-8-15(24-14)16(19)23)22-12-18(9-10-18)13-5-3-2-4-6-13;/h2-8H,9-12H2,1H3,(H2,19,23)(H2,20,21,22);1H. The number of nitrogens with one attached hydrogen (secondary N) is 2. The lowest BCUT2D eigenvalue weighted by Crippen LogP contribution is -2.40. The van der Waals surface area contributed by atoms with E-state index in [1.807, 2.05) is 6.07 Å². The second-order valence-corrected chi connectivity index (χ2v) is 6.06. The zero-order chi connectivity index (χ0) is 17.0. The number of guanidine groups is 1. The molecule has 0 saturated heterocycles. The van der Waals surface area contributed by atoms with Crippen LogP contribution >= 0.6 is 24.0 Å². The molecule has 1 aromatic heterocycles. The monoisotopic (exact) mass is 454 g/mol. The van der Waals surface area contributed by atoms with E-state index in [1.54, 1.807) is 19.2 Å². The van der Waals surface area contributed by atoms with E-state index in [1.165, 1.54) is 18.4 Å². The maximum atomic E-state index is 11.0. The Hall–Kier alpha value is -2.03. The molecule has 134 valence electrons. The third-order valence-electron chi connectivity index (χ3n) is 4.39. The number of hydrogen-bond donors (Lipinski definition) is 3. The largest absolute Gasteiger partial charge is 0.454 e. The molecule has 6 nitrogen and oxygen atoms in total. The summed E-state index contributed by atoms with van der Waals surface area (Å²) in [5.74, 6) is 0.934. The summed E-state index contributed by atoms with van der Waals surface area (Å²) in [4.78, 5) is 15.3. The Morgan fingerprint density at radius 3 is 2.48 bits per heavy atom. The van der Waals surface area contributed by atoms with Crippen LogP contribution < -0.4 is 16.4 Å². The van der Waals surface area contributed by atoms with Gasteiger partial charge in [-0.05, 0) is 30.5 Å². The van der Waals surface area contributed by atoms with E-state index in [2.05, 4.69) is 39.9 Å². The Morgan fingerprint density at radius 1 is 1.20 bits per heavy atom. The van der Waals surface area contributed by atoms with E-state index in [4.69, 9.17) is 10.2 Å². The quantitative estimate of drug-likeness (QED) is 0.355. The second kappa shape index (κ2) is 8.37. The van der Waals surface area contributed by atoms with Gasteiger partial charge in [0.05, 0.1) is 6.54 Å². The molecule has 0 unspecified atom stereocenters. The number of primary amides is 1.